The molecule has 1 aliphatic carbocycles. The molecular formula is C33H43FN4O4. The minimum absolute atomic E-state index is 0.0270. The zero-order chi connectivity index (χ0) is 30.9. The van der Waals surface area contributed by atoms with Crippen molar-refractivity contribution in [1.82, 2.24) is 10.2 Å². The van der Waals surface area contributed by atoms with Gasteiger partial charge in [-0.3, -0.25) is 14.4 Å². The Balaban J connectivity index is 2.06. The van der Waals surface area contributed by atoms with E-state index in [4.69, 9.17) is 11.5 Å². The number of nitrogens with zero attached hydrogens (tertiary/aromatic N) is 1. The quantitative estimate of drug-likeness (QED) is 0.257. The second-order valence-corrected chi connectivity index (χ2v) is 11.1. The molecule has 0 aliphatic heterocycles. The number of carbonyl (C=O) groups is 3. The van der Waals surface area contributed by atoms with Gasteiger partial charge in [-0.05, 0) is 61.4 Å². The molecule has 226 valence electrons. The molecule has 0 saturated heterocycles. The third-order valence-corrected chi connectivity index (χ3v) is 7.86. The zero-order valence-corrected chi connectivity index (χ0v) is 24.7. The van der Waals surface area contributed by atoms with Crippen LogP contribution in [0.5, 0.6) is 0 Å². The fraction of sp³-hybridized carbons (Fsp3) is 0.424. The highest BCUT2D eigenvalue weighted by Gasteiger charge is 2.49. The number of nitrogens with two attached hydrogens (primary N) is 2. The van der Waals surface area contributed by atoms with E-state index in [1.807, 2.05) is 44.2 Å². The fourth-order valence-electron chi connectivity index (χ4n) is 5.62. The first-order valence-electron chi connectivity index (χ1n) is 14.5. The number of primary amides is 2. The predicted octanol–water partition coefficient (Wildman–Crippen LogP) is 3.31. The van der Waals surface area contributed by atoms with Crippen LogP contribution in [0.3, 0.4) is 0 Å². The van der Waals surface area contributed by atoms with E-state index >= 15 is 0 Å². The minimum Gasteiger partial charge on any atom is -0.391 e. The van der Waals surface area contributed by atoms with E-state index in [9.17, 15) is 23.9 Å². The number of rotatable bonds is 15. The highest BCUT2D eigenvalue weighted by molar-refractivity contribution is 6.03. The molecule has 0 heterocycles. The van der Waals surface area contributed by atoms with Crippen molar-refractivity contribution in [3.63, 3.8) is 0 Å². The topological polar surface area (TPSA) is 139 Å². The van der Waals surface area contributed by atoms with Gasteiger partial charge in [0.05, 0.1) is 11.5 Å². The van der Waals surface area contributed by atoms with Crippen LogP contribution in [-0.2, 0) is 27.3 Å². The molecule has 8 nitrogen and oxygen atoms in total. The number of hydrogen-bond donors (Lipinski definition) is 4. The van der Waals surface area contributed by atoms with E-state index in [-0.39, 0.29) is 36.4 Å². The summed E-state index contributed by atoms with van der Waals surface area (Å²) in [6, 6.07) is 14.4. The highest BCUT2D eigenvalue weighted by atomic mass is 19.1. The minimum atomic E-state index is -1.65. The van der Waals surface area contributed by atoms with Gasteiger partial charge >= 0.3 is 0 Å². The van der Waals surface area contributed by atoms with Crippen molar-refractivity contribution < 1.29 is 23.9 Å². The van der Waals surface area contributed by atoms with Crippen LogP contribution in [0.2, 0.25) is 0 Å². The van der Waals surface area contributed by atoms with Crippen molar-refractivity contribution in [2.75, 3.05) is 19.6 Å². The summed E-state index contributed by atoms with van der Waals surface area (Å²) in [7, 11) is 0. The number of aliphatic hydroxyl groups is 1. The lowest BCUT2D eigenvalue weighted by molar-refractivity contribution is -0.132. The Labute approximate surface area is 247 Å². The summed E-state index contributed by atoms with van der Waals surface area (Å²) < 4.78 is 14.6. The lowest BCUT2D eigenvalue weighted by Gasteiger charge is -2.42. The first-order chi connectivity index (χ1) is 20.0. The molecule has 2 aromatic carbocycles. The van der Waals surface area contributed by atoms with Crippen LogP contribution in [0, 0.1) is 24.1 Å². The molecule has 0 radical (unpaired) electrons. The largest absolute Gasteiger partial charge is 0.391 e. The molecule has 0 fully saturated rings. The average Bonchev–Trinajstić information content (AvgIpc) is 2.97. The second-order valence-electron chi connectivity index (χ2n) is 11.1. The van der Waals surface area contributed by atoms with Crippen molar-refractivity contribution >= 4 is 17.7 Å². The van der Waals surface area contributed by atoms with E-state index in [1.165, 1.54) is 18.2 Å². The Morgan fingerprint density at radius 3 is 2.29 bits per heavy atom. The number of halogens is 1. The van der Waals surface area contributed by atoms with Gasteiger partial charge in [0.25, 0.3) is 0 Å². The molecule has 1 unspecified atom stereocenters. The number of hydrogen-bond acceptors (Lipinski definition) is 5. The number of amides is 3. The third-order valence-electron chi connectivity index (χ3n) is 7.86. The first kappa shape index (κ1) is 32.7. The number of carbonyl (C=O) groups excluding carboxylic acids is 3. The Hall–Kier alpha value is -3.82. The van der Waals surface area contributed by atoms with Crippen LogP contribution in [0.15, 0.2) is 71.8 Å². The Bertz CT molecular complexity index is 1320. The van der Waals surface area contributed by atoms with Crippen LogP contribution >= 0.6 is 0 Å². The van der Waals surface area contributed by atoms with Gasteiger partial charge in [-0.25, -0.2) is 4.39 Å². The molecule has 42 heavy (non-hydrogen) atoms. The SMILES string of the molecule is CCCN(CCC)C(=O)C1=CC(C(N)=O)=CC(C(N)=O)([C@H](Cc2ccc(C)c(F)c2)[C@@H](O)CNCc2ccccc2)C1. The maximum Gasteiger partial charge on any atom is 0.249 e. The van der Waals surface area contributed by atoms with Crippen molar-refractivity contribution in [2.45, 2.75) is 59.1 Å². The smallest absolute Gasteiger partial charge is 0.249 e. The molecule has 6 N–H and O–H groups in total. The summed E-state index contributed by atoms with van der Waals surface area (Å²) in [5, 5.41) is 14.9. The van der Waals surface area contributed by atoms with Crippen LogP contribution < -0.4 is 16.8 Å². The standard InChI is InChI=1S/C33H43FN4O4/c1-4-13-38(14-5-2)31(41)26-17-25(30(35)40)18-33(19-26,32(36)42)27(15-24-12-11-22(3)28(34)16-24)29(39)21-37-20-23-9-7-6-8-10-23/h6-12,16-18,27,29,37,39H,4-5,13-15,19-21H2,1-3H3,(H2,35,40)(H2,36,42)/t27-,29+,33?/m1/s1. The maximum absolute atomic E-state index is 14.6. The van der Waals surface area contributed by atoms with E-state index in [2.05, 4.69) is 5.32 Å². The number of nitrogens with one attached hydrogen (secondary N) is 1. The van der Waals surface area contributed by atoms with Crippen molar-refractivity contribution in [3.8, 4) is 0 Å². The highest BCUT2D eigenvalue weighted by Crippen LogP contribution is 2.44. The number of aryl methyl sites for hydroxylation is 1. The predicted molar refractivity (Wildman–Crippen MR) is 161 cm³/mol. The van der Waals surface area contributed by atoms with Gasteiger partial charge in [0, 0.05) is 43.2 Å². The third kappa shape index (κ3) is 7.92. The fourth-order valence-corrected chi connectivity index (χ4v) is 5.62. The molecule has 9 heteroatoms. The number of benzene rings is 2. The van der Waals surface area contributed by atoms with Gasteiger partial charge < -0.3 is 26.8 Å². The molecule has 0 spiro atoms. The molecule has 1 aliphatic rings. The summed E-state index contributed by atoms with van der Waals surface area (Å²) in [6.07, 6.45) is 3.05. The van der Waals surface area contributed by atoms with E-state index in [1.54, 1.807) is 24.0 Å². The monoisotopic (exact) mass is 578 g/mol. The normalized spacial score (nSPS) is 18.0. The van der Waals surface area contributed by atoms with Gasteiger partial charge in [-0.2, -0.15) is 0 Å². The van der Waals surface area contributed by atoms with Gasteiger partial charge in [0.1, 0.15) is 5.82 Å². The molecule has 0 saturated carbocycles. The van der Waals surface area contributed by atoms with Crippen molar-refractivity contribution in [2.24, 2.45) is 22.8 Å². The van der Waals surface area contributed by atoms with E-state index < -0.39 is 35.1 Å². The summed E-state index contributed by atoms with van der Waals surface area (Å²) in [5.74, 6) is -3.28. The zero-order valence-electron chi connectivity index (χ0n) is 24.7. The summed E-state index contributed by atoms with van der Waals surface area (Å²) in [4.78, 5) is 41.4. The van der Waals surface area contributed by atoms with Crippen molar-refractivity contribution in [3.05, 3.63) is 94.3 Å². The Morgan fingerprint density at radius 1 is 1.05 bits per heavy atom. The summed E-state index contributed by atoms with van der Waals surface area (Å²) in [5.41, 5.74) is 12.3. The molecule has 3 amide bonds. The van der Waals surface area contributed by atoms with Gasteiger partial charge in [0.15, 0.2) is 0 Å². The Morgan fingerprint density at radius 2 is 1.71 bits per heavy atom. The van der Waals surface area contributed by atoms with E-state index in [0.717, 1.165) is 18.4 Å². The van der Waals surface area contributed by atoms with Crippen LogP contribution in [0.4, 0.5) is 4.39 Å². The maximum atomic E-state index is 14.6. The van der Waals surface area contributed by atoms with Gasteiger partial charge in [-0.1, -0.05) is 62.4 Å². The van der Waals surface area contributed by atoms with Gasteiger partial charge in [0.2, 0.25) is 17.7 Å². The van der Waals surface area contributed by atoms with Gasteiger partial charge in [-0.15, -0.1) is 0 Å². The number of aliphatic hydroxyl groups excluding tert-OH is 1. The van der Waals surface area contributed by atoms with Crippen LogP contribution in [0.25, 0.3) is 0 Å². The summed E-state index contributed by atoms with van der Waals surface area (Å²) >= 11 is 0. The molecule has 0 bridgehead atoms. The van der Waals surface area contributed by atoms with Crippen LogP contribution in [0.1, 0.15) is 49.8 Å². The molecular weight excluding hydrogens is 535 g/mol. The molecule has 0 aromatic heterocycles. The lowest BCUT2D eigenvalue weighted by atomic mass is 9.63. The Kier molecular flexibility index (Phi) is 11.6. The lowest BCUT2D eigenvalue weighted by Crippen LogP contribution is -2.52. The van der Waals surface area contributed by atoms with Crippen molar-refractivity contribution in [1.29, 1.82) is 0 Å². The molecule has 2 aromatic rings. The molecule has 3 rings (SSSR count). The van der Waals surface area contributed by atoms with Crippen LogP contribution in [-0.4, -0.2) is 53.5 Å². The summed E-state index contributed by atoms with van der Waals surface area (Å²) in [6.45, 7) is 7.11. The molecule has 3 atom stereocenters. The second kappa shape index (κ2) is 14.9. The first-order valence-corrected chi connectivity index (χ1v) is 14.5. The average molecular weight is 579 g/mol. The van der Waals surface area contributed by atoms with E-state index in [0.29, 0.717) is 30.8 Å².